The second kappa shape index (κ2) is 6.86. The van der Waals surface area contributed by atoms with Crippen LogP contribution in [0.3, 0.4) is 0 Å². The Balaban J connectivity index is 1.99. The van der Waals surface area contributed by atoms with Crippen LogP contribution in [0.25, 0.3) is 0 Å². The van der Waals surface area contributed by atoms with Crippen LogP contribution in [0.1, 0.15) is 44.0 Å². The standard InChI is InChI=1S/C14H24BrN3O/c1-4-10-14(15)12(18(3)17-10)9-19-13-8-6-5-7-11(13)16-2/h11,13,16H,4-9H2,1-3H3. The molecule has 0 aromatic carbocycles. The first kappa shape index (κ1) is 15.0. The molecule has 1 fully saturated rings. The Morgan fingerprint density at radius 1 is 1.42 bits per heavy atom. The molecule has 0 amide bonds. The molecule has 108 valence electrons. The SMILES string of the molecule is CCc1nn(C)c(COC2CCCCC2NC)c1Br. The minimum Gasteiger partial charge on any atom is -0.370 e. The van der Waals surface area contributed by atoms with E-state index < -0.39 is 0 Å². The van der Waals surface area contributed by atoms with Gasteiger partial charge in [0, 0.05) is 13.1 Å². The molecule has 0 spiro atoms. The summed E-state index contributed by atoms with van der Waals surface area (Å²) in [6, 6.07) is 0.492. The van der Waals surface area contributed by atoms with Gasteiger partial charge in [0.15, 0.2) is 0 Å². The van der Waals surface area contributed by atoms with Gasteiger partial charge in [-0.2, -0.15) is 5.10 Å². The number of hydrogen-bond acceptors (Lipinski definition) is 3. The summed E-state index contributed by atoms with van der Waals surface area (Å²) in [6.45, 7) is 2.75. The lowest BCUT2D eigenvalue weighted by atomic mass is 9.92. The Morgan fingerprint density at radius 2 is 2.16 bits per heavy atom. The molecule has 0 aliphatic heterocycles. The van der Waals surface area contributed by atoms with Crippen LogP contribution in [-0.4, -0.2) is 29.0 Å². The first-order valence-corrected chi connectivity index (χ1v) is 7.95. The highest BCUT2D eigenvalue weighted by Crippen LogP contribution is 2.26. The Kier molecular flexibility index (Phi) is 5.42. The lowest BCUT2D eigenvalue weighted by molar-refractivity contribution is -0.00641. The molecule has 0 bridgehead atoms. The predicted octanol–water partition coefficient (Wildman–Crippen LogP) is 2.79. The molecule has 1 aromatic rings. The molecule has 1 saturated carbocycles. The fraction of sp³-hybridized carbons (Fsp3) is 0.786. The number of aromatic nitrogens is 2. The van der Waals surface area contributed by atoms with Crippen LogP contribution in [0.5, 0.6) is 0 Å². The number of nitrogens with one attached hydrogen (secondary N) is 1. The number of ether oxygens (including phenoxy) is 1. The molecule has 1 heterocycles. The van der Waals surface area contributed by atoms with E-state index in [1.165, 1.54) is 19.3 Å². The zero-order chi connectivity index (χ0) is 13.8. The Morgan fingerprint density at radius 3 is 2.79 bits per heavy atom. The third-order valence-corrected chi connectivity index (χ3v) is 4.93. The summed E-state index contributed by atoms with van der Waals surface area (Å²) >= 11 is 3.64. The lowest BCUT2D eigenvalue weighted by Crippen LogP contribution is -2.41. The third-order valence-electron chi connectivity index (χ3n) is 4.01. The largest absolute Gasteiger partial charge is 0.370 e. The highest BCUT2D eigenvalue weighted by molar-refractivity contribution is 9.10. The van der Waals surface area contributed by atoms with Crippen LogP contribution in [0, 0.1) is 0 Å². The molecule has 1 N–H and O–H groups in total. The maximum absolute atomic E-state index is 6.14. The van der Waals surface area contributed by atoms with E-state index in [2.05, 4.69) is 33.3 Å². The summed E-state index contributed by atoms with van der Waals surface area (Å²) in [5.41, 5.74) is 2.24. The fourth-order valence-corrected chi connectivity index (χ4v) is 3.52. The first-order chi connectivity index (χ1) is 9.17. The zero-order valence-electron chi connectivity index (χ0n) is 12.1. The van der Waals surface area contributed by atoms with Gasteiger partial charge < -0.3 is 10.1 Å². The van der Waals surface area contributed by atoms with Crippen LogP contribution in [-0.2, 0) is 24.8 Å². The van der Waals surface area contributed by atoms with Crippen LogP contribution in [0.2, 0.25) is 0 Å². The molecule has 1 aromatic heterocycles. The second-order valence-corrected chi connectivity index (χ2v) is 6.01. The van der Waals surface area contributed by atoms with E-state index >= 15 is 0 Å². The van der Waals surface area contributed by atoms with Gasteiger partial charge in [-0.1, -0.05) is 19.8 Å². The average molecular weight is 330 g/mol. The van der Waals surface area contributed by atoms with E-state index in [0.717, 1.165) is 28.7 Å². The molecular formula is C14H24BrN3O. The van der Waals surface area contributed by atoms with Crippen molar-refractivity contribution in [1.82, 2.24) is 15.1 Å². The molecular weight excluding hydrogens is 306 g/mol. The number of nitrogens with zero attached hydrogens (tertiary/aromatic N) is 2. The van der Waals surface area contributed by atoms with Crippen LogP contribution >= 0.6 is 15.9 Å². The Hall–Kier alpha value is -0.390. The summed E-state index contributed by atoms with van der Waals surface area (Å²) in [5, 5.41) is 7.88. The van der Waals surface area contributed by atoms with E-state index in [1.54, 1.807) is 0 Å². The van der Waals surface area contributed by atoms with Crippen molar-refractivity contribution < 1.29 is 4.74 Å². The van der Waals surface area contributed by atoms with E-state index in [1.807, 2.05) is 18.8 Å². The number of likely N-dealkylation sites (N-methyl/N-ethyl adjacent to an activating group) is 1. The highest BCUT2D eigenvalue weighted by Gasteiger charge is 2.25. The molecule has 4 nitrogen and oxygen atoms in total. The summed E-state index contributed by atoms with van der Waals surface area (Å²) < 4.78 is 9.18. The Bertz CT molecular complexity index is 419. The molecule has 0 radical (unpaired) electrons. The number of halogens is 1. The molecule has 5 heteroatoms. The van der Waals surface area contributed by atoms with Crippen molar-refractivity contribution in [2.75, 3.05) is 7.05 Å². The summed E-state index contributed by atoms with van der Waals surface area (Å²) in [7, 11) is 4.01. The molecule has 1 aliphatic rings. The van der Waals surface area contributed by atoms with E-state index in [9.17, 15) is 0 Å². The van der Waals surface area contributed by atoms with E-state index in [4.69, 9.17) is 4.74 Å². The number of hydrogen-bond donors (Lipinski definition) is 1. The summed E-state index contributed by atoms with van der Waals surface area (Å²) in [4.78, 5) is 0. The van der Waals surface area contributed by atoms with Crippen LogP contribution in [0.15, 0.2) is 4.47 Å². The van der Waals surface area contributed by atoms with E-state index in [-0.39, 0.29) is 0 Å². The molecule has 2 rings (SSSR count). The quantitative estimate of drug-likeness (QED) is 0.902. The summed E-state index contributed by atoms with van der Waals surface area (Å²) in [5.74, 6) is 0. The summed E-state index contributed by atoms with van der Waals surface area (Å²) in [6.07, 6.45) is 6.22. The van der Waals surface area contributed by atoms with Crippen molar-refractivity contribution in [3.05, 3.63) is 15.9 Å². The van der Waals surface area contributed by atoms with Crippen LogP contribution < -0.4 is 5.32 Å². The van der Waals surface area contributed by atoms with Gasteiger partial charge in [0.1, 0.15) is 0 Å². The fourth-order valence-electron chi connectivity index (χ4n) is 2.79. The normalized spacial score (nSPS) is 23.8. The number of aryl methyl sites for hydroxylation is 2. The van der Waals surface area contributed by atoms with Gasteiger partial charge in [-0.15, -0.1) is 0 Å². The van der Waals surface area contributed by atoms with Gasteiger partial charge >= 0.3 is 0 Å². The van der Waals surface area contributed by atoms with Crippen molar-refractivity contribution in [1.29, 1.82) is 0 Å². The predicted molar refractivity (Wildman–Crippen MR) is 80.2 cm³/mol. The minimum absolute atomic E-state index is 0.325. The molecule has 1 aliphatic carbocycles. The van der Waals surface area contributed by atoms with Gasteiger partial charge in [-0.05, 0) is 42.2 Å². The van der Waals surface area contributed by atoms with Crippen molar-refractivity contribution in [2.24, 2.45) is 7.05 Å². The first-order valence-electron chi connectivity index (χ1n) is 7.16. The molecule has 2 unspecified atom stereocenters. The van der Waals surface area contributed by atoms with Gasteiger partial charge in [0.2, 0.25) is 0 Å². The maximum atomic E-state index is 6.14. The maximum Gasteiger partial charge on any atom is 0.0900 e. The van der Waals surface area contributed by atoms with Crippen LogP contribution in [0.4, 0.5) is 0 Å². The number of rotatable bonds is 5. The average Bonchev–Trinajstić information content (AvgIpc) is 2.71. The topological polar surface area (TPSA) is 39.1 Å². The van der Waals surface area contributed by atoms with Crippen molar-refractivity contribution >= 4 is 15.9 Å². The van der Waals surface area contributed by atoms with E-state index in [0.29, 0.717) is 18.8 Å². The highest BCUT2D eigenvalue weighted by atomic mass is 79.9. The van der Waals surface area contributed by atoms with Crippen molar-refractivity contribution in [2.45, 2.75) is 57.8 Å². The second-order valence-electron chi connectivity index (χ2n) is 5.21. The lowest BCUT2D eigenvalue weighted by Gasteiger charge is -2.31. The third kappa shape index (κ3) is 3.38. The zero-order valence-corrected chi connectivity index (χ0v) is 13.7. The Labute approximate surface area is 124 Å². The monoisotopic (exact) mass is 329 g/mol. The minimum atomic E-state index is 0.325. The van der Waals surface area contributed by atoms with Gasteiger partial charge in [0.05, 0.1) is 28.6 Å². The molecule has 2 atom stereocenters. The molecule has 0 saturated heterocycles. The van der Waals surface area contributed by atoms with Gasteiger partial charge in [0.25, 0.3) is 0 Å². The van der Waals surface area contributed by atoms with Gasteiger partial charge in [-0.25, -0.2) is 0 Å². The van der Waals surface area contributed by atoms with Gasteiger partial charge in [-0.3, -0.25) is 4.68 Å². The van der Waals surface area contributed by atoms with Crippen molar-refractivity contribution in [3.8, 4) is 0 Å². The molecule has 19 heavy (non-hydrogen) atoms. The van der Waals surface area contributed by atoms with Crippen molar-refractivity contribution in [3.63, 3.8) is 0 Å². The smallest absolute Gasteiger partial charge is 0.0900 e.